The first-order valence-electron chi connectivity index (χ1n) is 2.40. The first kappa shape index (κ1) is 8.03. The molecule has 1 rings (SSSR count). The summed E-state index contributed by atoms with van der Waals surface area (Å²) < 4.78 is 0. The van der Waals surface area contributed by atoms with Crippen LogP contribution in [0, 0.1) is 4.91 Å². The molecule has 1 atom stereocenters. The maximum atomic E-state index is 10.3. The molecular formula is C4H9N2O3+. The second-order valence-corrected chi connectivity index (χ2v) is 1.82. The fourth-order valence-electron chi connectivity index (χ4n) is 0.625. The molecule has 0 saturated heterocycles. The summed E-state index contributed by atoms with van der Waals surface area (Å²) in [6.45, 7) is 0. The lowest BCUT2D eigenvalue weighted by Gasteiger charge is -2.09. The van der Waals surface area contributed by atoms with Gasteiger partial charge in [0.1, 0.15) is 0 Å². The van der Waals surface area contributed by atoms with Gasteiger partial charge in [0.25, 0.3) is 0 Å². The van der Waals surface area contributed by atoms with Crippen LogP contribution < -0.4 is 6.15 Å². The molecule has 1 saturated carbocycles. The van der Waals surface area contributed by atoms with E-state index in [1.165, 1.54) is 0 Å². The van der Waals surface area contributed by atoms with Crippen molar-refractivity contribution in [3.63, 3.8) is 0 Å². The molecule has 1 unspecified atom stereocenters. The summed E-state index contributed by atoms with van der Waals surface area (Å²) in [7, 11) is 0. The average molecular weight is 133 g/mol. The van der Waals surface area contributed by atoms with E-state index in [-0.39, 0.29) is 16.9 Å². The van der Waals surface area contributed by atoms with E-state index in [0.29, 0.717) is 12.8 Å². The van der Waals surface area contributed by atoms with Crippen LogP contribution in [-0.4, -0.2) is 22.0 Å². The van der Waals surface area contributed by atoms with Crippen molar-refractivity contribution in [1.82, 2.24) is 6.15 Å². The predicted octanol–water partition coefficient (Wildman–Crippen LogP) is 0.0480. The molecule has 1 aliphatic rings. The fraction of sp³-hybridized carbons (Fsp3) is 0.750. The maximum absolute atomic E-state index is 10.3. The summed E-state index contributed by atoms with van der Waals surface area (Å²) in [4.78, 5) is 19.9. The van der Waals surface area contributed by atoms with Gasteiger partial charge in [0.2, 0.25) is 10.7 Å². The number of Topliss-reactive ketones (excluding diaryl/α,β-unsaturated/α-hetero) is 1. The van der Waals surface area contributed by atoms with Gasteiger partial charge in [-0.3, -0.25) is 4.79 Å². The molecule has 0 bridgehead atoms. The van der Waals surface area contributed by atoms with Crippen LogP contribution in [0.15, 0.2) is 0 Å². The van der Waals surface area contributed by atoms with Gasteiger partial charge in [0, 0.05) is 12.8 Å². The standard InChI is InChI=1S/C4H6NO3.H3N/c6-4-2-1-3(4)5(7)8;/h3H,1-2H2,(H,7,8);1H3/q+1;. The van der Waals surface area contributed by atoms with Crippen LogP contribution >= 0.6 is 0 Å². The second kappa shape index (κ2) is 2.54. The largest absolute Gasteiger partial charge is 0.344 e. The molecule has 0 spiro atoms. The summed E-state index contributed by atoms with van der Waals surface area (Å²) in [6, 6.07) is -0.755. The minimum Gasteiger partial charge on any atom is -0.344 e. The Kier molecular flexibility index (Phi) is 2.27. The molecule has 9 heavy (non-hydrogen) atoms. The van der Waals surface area contributed by atoms with E-state index in [2.05, 4.69) is 0 Å². The Labute approximate surface area is 51.8 Å². The first-order valence-corrected chi connectivity index (χ1v) is 2.40. The van der Waals surface area contributed by atoms with E-state index >= 15 is 0 Å². The van der Waals surface area contributed by atoms with Crippen LogP contribution in [0.1, 0.15) is 12.8 Å². The smallest absolute Gasteiger partial charge is 0.314 e. The lowest BCUT2D eigenvalue weighted by atomic mass is 9.92. The number of rotatable bonds is 1. The monoisotopic (exact) mass is 133 g/mol. The molecule has 0 aromatic carbocycles. The van der Waals surface area contributed by atoms with Gasteiger partial charge in [-0.2, -0.15) is 0 Å². The van der Waals surface area contributed by atoms with Crippen molar-refractivity contribution < 1.29 is 14.9 Å². The van der Waals surface area contributed by atoms with Gasteiger partial charge in [0.05, 0.1) is 4.91 Å². The number of carbonyl (C=O) groups excluding carboxylic acids is 1. The van der Waals surface area contributed by atoms with Crippen molar-refractivity contribution in [3.05, 3.63) is 4.91 Å². The van der Waals surface area contributed by atoms with E-state index < -0.39 is 6.04 Å². The van der Waals surface area contributed by atoms with E-state index in [1.807, 2.05) is 0 Å². The summed E-state index contributed by atoms with van der Waals surface area (Å²) in [5.41, 5.74) is 0. The van der Waals surface area contributed by atoms with E-state index in [0.717, 1.165) is 0 Å². The molecule has 4 N–H and O–H groups in total. The molecule has 5 heteroatoms. The van der Waals surface area contributed by atoms with Gasteiger partial charge in [-0.05, 0) is 0 Å². The molecule has 0 aliphatic heterocycles. The predicted molar refractivity (Wildman–Crippen MR) is 28.5 cm³/mol. The Hall–Kier alpha value is -0.970. The van der Waals surface area contributed by atoms with Gasteiger partial charge >= 0.3 is 6.04 Å². The van der Waals surface area contributed by atoms with E-state index in [9.17, 15) is 9.70 Å². The van der Waals surface area contributed by atoms with Gasteiger partial charge in [-0.1, -0.05) is 0 Å². The molecule has 1 fully saturated rings. The van der Waals surface area contributed by atoms with Crippen molar-refractivity contribution in [1.29, 1.82) is 0 Å². The van der Waals surface area contributed by atoms with Gasteiger partial charge in [0.15, 0.2) is 0 Å². The van der Waals surface area contributed by atoms with Crippen molar-refractivity contribution in [2.45, 2.75) is 18.9 Å². The summed E-state index contributed by atoms with van der Waals surface area (Å²) in [5.74, 6) is -0.164. The Balaban J connectivity index is 0.000000640. The number of ketones is 1. The number of carbonyl (C=O) groups is 1. The summed E-state index contributed by atoms with van der Waals surface area (Å²) in [6.07, 6.45) is 0.933. The van der Waals surface area contributed by atoms with Gasteiger partial charge in [-0.15, -0.1) is 0 Å². The van der Waals surface area contributed by atoms with Crippen molar-refractivity contribution in [2.24, 2.45) is 0 Å². The fourth-order valence-corrected chi connectivity index (χ4v) is 0.625. The first-order chi connectivity index (χ1) is 3.72. The maximum Gasteiger partial charge on any atom is 0.314 e. The Morgan fingerprint density at radius 2 is 2.22 bits per heavy atom. The lowest BCUT2D eigenvalue weighted by molar-refractivity contribution is -0.809. The molecule has 0 radical (unpaired) electrons. The van der Waals surface area contributed by atoms with Crippen molar-refractivity contribution in [3.8, 4) is 0 Å². The van der Waals surface area contributed by atoms with Crippen LogP contribution in [-0.2, 0) is 4.79 Å². The van der Waals surface area contributed by atoms with Crippen LogP contribution in [0.2, 0.25) is 0 Å². The molecular weight excluding hydrogens is 124 g/mol. The normalized spacial score (nSPS) is 24.0. The van der Waals surface area contributed by atoms with Crippen molar-refractivity contribution in [2.75, 3.05) is 0 Å². The summed E-state index contributed by atoms with van der Waals surface area (Å²) >= 11 is 0. The topological polar surface area (TPSA) is 92.4 Å². The van der Waals surface area contributed by atoms with E-state index in [1.54, 1.807) is 0 Å². The van der Waals surface area contributed by atoms with Crippen molar-refractivity contribution >= 4 is 5.78 Å². The third kappa shape index (κ3) is 1.23. The Morgan fingerprint density at radius 1 is 1.67 bits per heavy atom. The number of hydrogen-bond acceptors (Lipinski definition) is 3. The minimum atomic E-state index is -0.755. The minimum absolute atomic E-state index is 0. The van der Waals surface area contributed by atoms with E-state index in [4.69, 9.17) is 5.21 Å². The Morgan fingerprint density at radius 3 is 2.22 bits per heavy atom. The molecule has 0 heterocycles. The highest BCUT2D eigenvalue weighted by Gasteiger charge is 2.42. The van der Waals surface area contributed by atoms with Gasteiger partial charge in [-0.25, -0.2) is 5.21 Å². The second-order valence-electron chi connectivity index (χ2n) is 1.82. The third-order valence-corrected chi connectivity index (χ3v) is 1.30. The molecule has 1 aliphatic carbocycles. The molecule has 0 aromatic rings. The zero-order chi connectivity index (χ0) is 6.15. The average Bonchev–Trinajstić information content (AvgIpc) is 1.61. The zero-order valence-corrected chi connectivity index (χ0v) is 4.91. The molecule has 0 amide bonds. The molecule has 0 aromatic heterocycles. The van der Waals surface area contributed by atoms with Crippen LogP contribution in [0.5, 0.6) is 0 Å². The highest BCUT2D eigenvalue weighted by molar-refractivity contribution is 5.88. The number of nitrogens with zero attached hydrogens (tertiary/aromatic N) is 1. The lowest BCUT2D eigenvalue weighted by Crippen LogP contribution is -2.39. The number of hydrogen-bond donors (Lipinski definition) is 2. The highest BCUT2D eigenvalue weighted by Crippen LogP contribution is 2.15. The SMILES string of the molecule is N.O=C1CCC1[N+](=O)O. The molecule has 5 nitrogen and oxygen atoms in total. The molecule has 52 valence electrons. The summed E-state index contributed by atoms with van der Waals surface area (Å²) in [5, 5.41) is 8.10. The third-order valence-electron chi connectivity index (χ3n) is 1.30. The quantitative estimate of drug-likeness (QED) is 0.494. The van der Waals surface area contributed by atoms with Crippen LogP contribution in [0.25, 0.3) is 0 Å². The highest BCUT2D eigenvalue weighted by atomic mass is 16.6. The zero-order valence-electron chi connectivity index (χ0n) is 4.91. The van der Waals surface area contributed by atoms with Gasteiger partial charge < -0.3 is 6.15 Å². The van der Waals surface area contributed by atoms with Crippen LogP contribution in [0.3, 0.4) is 0 Å². The van der Waals surface area contributed by atoms with Crippen LogP contribution in [0.4, 0.5) is 0 Å². The Bertz CT molecular complexity index is 137.